The molecule has 70 valence electrons. The van der Waals surface area contributed by atoms with Gasteiger partial charge in [-0.3, -0.25) is 0 Å². The van der Waals surface area contributed by atoms with Crippen LogP contribution >= 0.6 is 11.6 Å². The Morgan fingerprint density at radius 1 is 1.62 bits per heavy atom. The molecule has 0 aromatic heterocycles. The molecule has 0 saturated heterocycles. The van der Waals surface area contributed by atoms with Gasteiger partial charge in [0.15, 0.2) is 5.50 Å². The summed E-state index contributed by atoms with van der Waals surface area (Å²) in [7, 11) is 1.37. The summed E-state index contributed by atoms with van der Waals surface area (Å²) >= 11 is 5.48. The predicted octanol–water partition coefficient (Wildman–Crippen LogP) is 2.84. The summed E-state index contributed by atoms with van der Waals surface area (Å²) in [6.07, 6.45) is 0. The summed E-state index contributed by atoms with van der Waals surface area (Å²) in [6.45, 7) is 0. The number of ether oxygens (including phenoxy) is 1. The van der Waals surface area contributed by atoms with Crippen LogP contribution in [-0.2, 0) is 0 Å². The molecule has 0 fully saturated rings. The highest BCUT2D eigenvalue weighted by Gasteiger charge is 2.18. The fraction of sp³-hybridized carbons (Fsp3) is 0.250. The molecule has 0 heterocycles. The van der Waals surface area contributed by atoms with Gasteiger partial charge in [-0.25, -0.2) is 4.39 Å². The summed E-state index contributed by atoms with van der Waals surface area (Å²) < 4.78 is 17.9. The van der Waals surface area contributed by atoms with Gasteiger partial charge in [0, 0.05) is 0 Å². The first-order valence-corrected chi connectivity index (χ1v) is 3.93. The van der Waals surface area contributed by atoms with Crippen LogP contribution < -0.4 is 4.74 Å². The van der Waals surface area contributed by atoms with Gasteiger partial charge in [0.25, 0.3) is 0 Å². The van der Waals surface area contributed by atoms with Gasteiger partial charge in [0.1, 0.15) is 11.6 Å². The van der Waals surface area contributed by atoms with E-state index in [0.29, 0.717) is 0 Å². The minimum absolute atomic E-state index is 0.0262. The first-order valence-electron chi connectivity index (χ1n) is 3.49. The second kappa shape index (κ2) is 4.18. The van der Waals surface area contributed by atoms with Crippen LogP contribution in [0.5, 0.6) is 5.75 Å². The van der Waals surface area contributed by atoms with E-state index in [1.165, 1.54) is 25.3 Å². The zero-order valence-electron chi connectivity index (χ0n) is 6.83. The Morgan fingerprint density at radius 2 is 2.31 bits per heavy atom. The fourth-order valence-electron chi connectivity index (χ4n) is 0.979. The summed E-state index contributed by atoms with van der Waals surface area (Å²) in [6, 6.07) is 4.17. The van der Waals surface area contributed by atoms with Crippen LogP contribution in [0, 0.1) is 10.7 Å². The Hall–Kier alpha value is -1.16. The van der Waals surface area contributed by atoms with E-state index in [4.69, 9.17) is 16.3 Å². The smallest absolute Gasteiger partial charge is 0.196 e. The molecule has 0 radical (unpaired) electrons. The lowest BCUT2D eigenvalue weighted by atomic mass is 10.2. The van der Waals surface area contributed by atoms with Crippen molar-refractivity contribution >= 4 is 11.6 Å². The largest absolute Gasteiger partial charge is 0.496 e. The monoisotopic (exact) mass is 203 g/mol. The molecule has 0 aliphatic heterocycles. The molecule has 5 heteroatoms. The molecule has 0 N–H and O–H groups in total. The van der Waals surface area contributed by atoms with E-state index in [9.17, 15) is 9.30 Å². The van der Waals surface area contributed by atoms with Crippen molar-refractivity contribution in [1.29, 1.82) is 0 Å². The fourth-order valence-corrected chi connectivity index (χ4v) is 1.19. The van der Waals surface area contributed by atoms with E-state index >= 15 is 0 Å². The van der Waals surface area contributed by atoms with E-state index < -0.39 is 11.3 Å². The molecule has 1 unspecified atom stereocenters. The maximum Gasteiger partial charge on any atom is 0.196 e. The highest BCUT2D eigenvalue weighted by molar-refractivity contribution is 6.20. The summed E-state index contributed by atoms with van der Waals surface area (Å²) in [5.41, 5.74) is -1.28. The van der Waals surface area contributed by atoms with Crippen molar-refractivity contribution in [2.24, 2.45) is 5.18 Å². The molecule has 0 aliphatic rings. The van der Waals surface area contributed by atoms with Crippen LogP contribution in [0.4, 0.5) is 4.39 Å². The summed E-state index contributed by atoms with van der Waals surface area (Å²) in [4.78, 5) is 10.1. The second-order valence-electron chi connectivity index (χ2n) is 2.30. The normalized spacial score (nSPS) is 12.2. The SMILES string of the molecule is COc1cccc(F)c1C(Cl)N=O. The molecule has 3 nitrogen and oxygen atoms in total. The maximum atomic E-state index is 13.1. The lowest BCUT2D eigenvalue weighted by Gasteiger charge is -2.08. The minimum atomic E-state index is -1.25. The molecule has 0 saturated carbocycles. The minimum Gasteiger partial charge on any atom is -0.496 e. The van der Waals surface area contributed by atoms with Crippen molar-refractivity contribution in [3.05, 3.63) is 34.5 Å². The van der Waals surface area contributed by atoms with E-state index in [1.807, 2.05) is 0 Å². The van der Waals surface area contributed by atoms with Gasteiger partial charge >= 0.3 is 0 Å². The van der Waals surface area contributed by atoms with Crippen LogP contribution in [0.25, 0.3) is 0 Å². The van der Waals surface area contributed by atoms with Crippen molar-refractivity contribution in [3.63, 3.8) is 0 Å². The van der Waals surface area contributed by atoms with Crippen molar-refractivity contribution in [1.82, 2.24) is 0 Å². The molecule has 0 amide bonds. The Balaban J connectivity index is 3.22. The molecule has 0 spiro atoms. The summed E-state index contributed by atoms with van der Waals surface area (Å²) in [5.74, 6) is -0.376. The molecule has 1 atom stereocenters. The Bertz CT molecular complexity index is 319. The number of nitrogens with zero attached hydrogens (tertiary/aromatic N) is 1. The van der Waals surface area contributed by atoms with Gasteiger partial charge < -0.3 is 4.74 Å². The predicted molar refractivity (Wildman–Crippen MR) is 47.3 cm³/mol. The number of halogens is 2. The molecular formula is C8H7ClFNO2. The van der Waals surface area contributed by atoms with Gasteiger partial charge in [0.05, 0.1) is 12.7 Å². The topological polar surface area (TPSA) is 38.7 Å². The van der Waals surface area contributed by atoms with Gasteiger partial charge in [-0.2, -0.15) is 0 Å². The molecule has 1 aromatic rings. The third-order valence-electron chi connectivity index (χ3n) is 1.56. The first kappa shape index (κ1) is 9.92. The standard InChI is InChI=1S/C8H7ClFNO2/c1-13-6-4-2-3-5(10)7(6)8(9)11-12/h2-4,8H,1H3. The Kier molecular flexibility index (Phi) is 3.19. The zero-order valence-corrected chi connectivity index (χ0v) is 7.58. The first-order chi connectivity index (χ1) is 6.20. The van der Waals surface area contributed by atoms with Crippen LogP contribution in [0.1, 0.15) is 11.1 Å². The third kappa shape index (κ3) is 1.95. The number of benzene rings is 1. The quantitative estimate of drug-likeness (QED) is 0.431. The summed E-state index contributed by atoms with van der Waals surface area (Å²) in [5, 5.41) is 2.52. The number of hydrogen-bond acceptors (Lipinski definition) is 3. The van der Waals surface area contributed by atoms with E-state index in [0.717, 1.165) is 0 Å². The highest BCUT2D eigenvalue weighted by atomic mass is 35.5. The average molecular weight is 204 g/mol. The molecule has 1 aromatic carbocycles. The van der Waals surface area contributed by atoms with Crippen molar-refractivity contribution in [2.75, 3.05) is 7.11 Å². The van der Waals surface area contributed by atoms with Crippen LogP contribution in [0.15, 0.2) is 23.4 Å². The Morgan fingerprint density at radius 3 is 2.85 bits per heavy atom. The van der Waals surface area contributed by atoms with Gasteiger partial charge in [-0.15, -0.1) is 4.91 Å². The second-order valence-corrected chi connectivity index (χ2v) is 2.71. The van der Waals surface area contributed by atoms with E-state index in [-0.39, 0.29) is 11.3 Å². The van der Waals surface area contributed by atoms with E-state index in [1.54, 1.807) is 0 Å². The van der Waals surface area contributed by atoms with Gasteiger partial charge in [-0.1, -0.05) is 17.7 Å². The van der Waals surface area contributed by atoms with Crippen molar-refractivity contribution < 1.29 is 9.13 Å². The lowest BCUT2D eigenvalue weighted by molar-refractivity contribution is 0.404. The number of hydrogen-bond donors (Lipinski definition) is 0. The molecule has 13 heavy (non-hydrogen) atoms. The van der Waals surface area contributed by atoms with E-state index in [2.05, 4.69) is 5.18 Å². The van der Waals surface area contributed by atoms with Crippen LogP contribution in [0.2, 0.25) is 0 Å². The number of methoxy groups -OCH3 is 1. The van der Waals surface area contributed by atoms with Crippen LogP contribution in [-0.4, -0.2) is 7.11 Å². The molecule has 0 aliphatic carbocycles. The van der Waals surface area contributed by atoms with Crippen LogP contribution in [0.3, 0.4) is 0 Å². The highest BCUT2D eigenvalue weighted by Crippen LogP contribution is 2.32. The zero-order chi connectivity index (χ0) is 9.84. The number of alkyl halides is 1. The maximum absolute atomic E-state index is 13.1. The van der Waals surface area contributed by atoms with Gasteiger partial charge in [0.2, 0.25) is 0 Å². The Labute approximate surface area is 79.4 Å². The number of rotatable bonds is 3. The van der Waals surface area contributed by atoms with Crippen molar-refractivity contribution in [3.8, 4) is 5.75 Å². The van der Waals surface area contributed by atoms with Crippen molar-refractivity contribution in [2.45, 2.75) is 5.50 Å². The molecular weight excluding hydrogens is 197 g/mol. The lowest BCUT2D eigenvalue weighted by Crippen LogP contribution is -1.96. The molecule has 1 rings (SSSR count). The average Bonchev–Trinajstić information content (AvgIpc) is 2.16. The third-order valence-corrected chi connectivity index (χ3v) is 1.86. The number of nitroso groups, excluding NO2 is 1. The molecule has 0 bridgehead atoms. The van der Waals surface area contributed by atoms with Gasteiger partial charge in [-0.05, 0) is 17.3 Å².